The lowest BCUT2D eigenvalue weighted by Crippen LogP contribution is -2.49. The van der Waals surface area contributed by atoms with Gasteiger partial charge in [-0.25, -0.2) is 4.79 Å². The fourth-order valence-corrected chi connectivity index (χ4v) is 3.14. The highest BCUT2D eigenvalue weighted by Gasteiger charge is 2.29. The summed E-state index contributed by atoms with van der Waals surface area (Å²) in [7, 11) is 0. The molecule has 0 unspecified atom stereocenters. The summed E-state index contributed by atoms with van der Waals surface area (Å²) in [6, 6.07) is 7.59. The van der Waals surface area contributed by atoms with Gasteiger partial charge < -0.3 is 9.64 Å². The van der Waals surface area contributed by atoms with E-state index in [1.807, 2.05) is 30.9 Å². The van der Waals surface area contributed by atoms with Gasteiger partial charge in [-0.2, -0.15) is 0 Å². The van der Waals surface area contributed by atoms with Gasteiger partial charge in [0.25, 0.3) is 5.91 Å². The minimum atomic E-state index is -0.546. The summed E-state index contributed by atoms with van der Waals surface area (Å²) in [6.07, 6.45) is 6.00. The van der Waals surface area contributed by atoms with Crippen molar-refractivity contribution in [1.82, 2.24) is 4.90 Å². The van der Waals surface area contributed by atoms with E-state index in [9.17, 15) is 9.59 Å². The average molecular weight is 336 g/mol. The molecule has 0 spiro atoms. The van der Waals surface area contributed by atoms with Gasteiger partial charge in [0.2, 0.25) is 0 Å². The van der Waals surface area contributed by atoms with Gasteiger partial charge in [0.15, 0.2) is 6.61 Å². The molecule has 0 N–H and O–H groups in total. The Morgan fingerprint density at radius 1 is 1.26 bits per heavy atom. The topological polar surface area (TPSA) is 46.6 Å². The zero-order chi connectivity index (χ0) is 16.8. The first-order chi connectivity index (χ1) is 11.0. The number of likely N-dealkylation sites (tertiary alicyclic amines) is 1. The molecule has 0 aromatic heterocycles. The molecule has 2 atom stereocenters. The number of benzene rings is 1. The lowest BCUT2D eigenvalue weighted by atomic mass is 9.97. The van der Waals surface area contributed by atoms with Crippen LogP contribution in [0.2, 0.25) is 5.02 Å². The van der Waals surface area contributed by atoms with Gasteiger partial charge >= 0.3 is 5.97 Å². The molecule has 1 aromatic rings. The molecular formula is C18H22ClNO3. The van der Waals surface area contributed by atoms with Crippen LogP contribution < -0.4 is 0 Å². The molecule has 1 saturated heterocycles. The second-order valence-electron chi connectivity index (χ2n) is 5.89. The number of rotatable bonds is 4. The Morgan fingerprint density at radius 2 is 1.91 bits per heavy atom. The van der Waals surface area contributed by atoms with Crippen molar-refractivity contribution in [2.75, 3.05) is 6.61 Å². The normalized spacial score (nSPS) is 21.4. The minimum Gasteiger partial charge on any atom is -0.452 e. The summed E-state index contributed by atoms with van der Waals surface area (Å²) >= 11 is 6.00. The van der Waals surface area contributed by atoms with Crippen LogP contribution in [0, 0.1) is 0 Å². The molecule has 0 aliphatic carbocycles. The first-order valence-electron chi connectivity index (χ1n) is 7.89. The summed E-state index contributed by atoms with van der Waals surface area (Å²) in [6.45, 7) is 3.85. The van der Waals surface area contributed by atoms with Crippen molar-refractivity contribution < 1.29 is 14.3 Å². The smallest absolute Gasteiger partial charge is 0.331 e. The molecule has 1 fully saturated rings. The zero-order valence-electron chi connectivity index (χ0n) is 13.5. The summed E-state index contributed by atoms with van der Waals surface area (Å²) in [5.74, 6) is -0.681. The van der Waals surface area contributed by atoms with Crippen LogP contribution in [0.3, 0.4) is 0 Å². The molecule has 124 valence electrons. The largest absolute Gasteiger partial charge is 0.452 e. The van der Waals surface area contributed by atoms with Crippen molar-refractivity contribution in [3.8, 4) is 0 Å². The molecule has 1 aromatic carbocycles. The van der Waals surface area contributed by atoms with Gasteiger partial charge in [0, 0.05) is 23.2 Å². The van der Waals surface area contributed by atoms with Crippen molar-refractivity contribution >= 4 is 29.6 Å². The molecule has 1 aliphatic heterocycles. The molecular weight excluding hydrogens is 314 g/mol. The van der Waals surface area contributed by atoms with Crippen LogP contribution in [-0.4, -0.2) is 35.5 Å². The van der Waals surface area contributed by atoms with E-state index in [1.54, 1.807) is 18.2 Å². The summed E-state index contributed by atoms with van der Waals surface area (Å²) in [5.41, 5.74) is 0.732. The van der Waals surface area contributed by atoms with Gasteiger partial charge in [0.1, 0.15) is 0 Å². The lowest BCUT2D eigenvalue weighted by Gasteiger charge is -2.38. The number of piperidine rings is 1. The van der Waals surface area contributed by atoms with E-state index in [4.69, 9.17) is 16.3 Å². The number of esters is 1. The Bertz CT molecular complexity index is 590. The predicted molar refractivity (Wildman–Crippen MR) is 91.1 cm³/mol. The van der Waals surface area contributed by atoms with E-state index >= 15 is 0 Å². The molecule has 1 heterocycles. The van der Waals surface area contributed by atoms with Gasteiger partial charge in [-0.1, -0.05) is 29.8 Å². The zero-order valence-corrected chi connectivity index (χ0v) is 14.3. The van der Waals surface area contributed by atoms with Crippen LogP contribution >= 0.6 is 11.6 Å². The van der Waals surface area contributed by atoms with Crippen molar-refractivity contribution in [1.29, 1.82) is 0 Å². The molecule has 23 heavy (non-hydrogen) atoms. The fraction of sp³-hybridized carbons (Fsp3) is 0.444. The maximum absolute atomic E-state index is 12.3. The number of halogens is 1. The van der Waals surface area contributed by atoms with E-state index in [2.05, 4.69) is 0 Å². The summed E-state index contributed by atoms with van der Waals surface area (Å²) in [4.78, 5) is 25.8. The molecule has 5 heteroatoms. The lowest BCUT2D eigenvalue weighted by molar-refractivity contribution is -0.151. The monoisotopic (exact) mass is 335 g/mol. The van der Waals surface area contributed by atoms with Crippen molar-refractivity contribution in [2.24, 2.45) is 0 Å². The third-order valence-corrected chi connectivity index (χ3v) is 4.47. The SMILES string of the molecule is C[C@H]1CCC[C@H](C)N1C(=O)COC(=O)/C=C/c1ccccc1Cl. The quantitative estimate of drug-likeness (QED) is 0.622. The number of hydrogen-bond donors (Lipinski definition) is 0. The van der Waals surface area contributed by atoms with Crippen molar-refractivity contribution in [2.45, 2.75) is 45.2 Å². The molecule has 0 bridgehead atoms. The standard InChI is InChI=1S/C18H22ClNO3/c1-13-6-5-7-14(2)20(13)17(21)12-23-18(22)11-10-15-8-3-4-9-16(15)19/h3-4,8-11,13-14H,5-7,12H2,1-2H3/b11-10+/t13-,14-/m0/s1. The number of carbonyl (C=O) groups is 2. The van der Waals surface area contributed by atoms with Crippen LogP contribution in [0.15, 0.2) is 30.3 Å². The van der Waals surface area contributed by atoms with Crippen LogP contribution in [0.5, 0.6) is 0 Å². The highest BCUT2D eigenvalue weighted by atomic mass is 35.5. The average Bonchev–Trinajstić information content (AvgIpc) is 2.52. The fourth-order valence-electron chi connectivity index (χ4n) is 2.94. The highest BCUT2D eigenvalue weighted by molar-refractivity contribution is 6.32. The Balaban J connectivity index is 1.86. The maximum Gasteiger partial charge on any atom is 0.331 e. The van der Waals surface area contributed by atoms with E-state index in [0.717, 1.165) is 24.8 Å². The van der Waals surface area contributed by atoms with Crippen molar-refractivity contribution in [3.63, 3.8) is 0 Å². The minimum absolute atomic E-state index is 0.135. The van der Waals surface area contributed by atoms with E-state index in [0.29, 0.717) is 5.02 Å². The van der Waals surface area contributed by atoms with E-state index in [1.165, 1.54) is 6.08 Å². The number of ether oxygens (including phenoxy) is 1. The van der Waals surface area contributed by atoms with Crippen LogP contribution in [0.1, 0.15) is 38.7 Å². The Labute approximate surface area is 142 Å². The predicted octanol–water partition coefficient (Wildman–Crippen LogP) is 3.69. The maximum atomic E-state index is 12.3. The first-order valence-corrected chi connectivity index (χ1v) is 8.27. The number of hydrogen-bond acceptors (Lipinski definition) is 3. The van der Waals surface area contributed by atoms with Gasteiger partial charge in [-0.15, -0.1) is 0 Å². The molecule has 0 saturated carbocycles. The molecule has 0 radical (unpaired) electrons. The molecule has 2 rings (SSSR count). The van der Waals surface area contributed by atoms with Crippen molar-refractivity contribution in [3.05, 3.63) is 40.9 Å². The van der Waals surface area contributed by atoms with E-state index in [-0.39, 0.29) is 24.6 Å². The Morgan fingerprint density at radius 3 is 2.57 bits per heavy atom. The highest BCUT2D eigenvalue weighted by Crippen LogP contribution is 2.22. The number of nitrogens with zero attached hydrogens (tertiary/aromatic N) is 1. The Kier molecular flexibility index (Phi) is 6.22. The third-order valence-electron chi connectivity index (χ3n) is 4.12. The van der Waals surface area contributed by atoms with Crippen LogP contribution in [0.25, 0.3) is 6.08 Å². The van der Waals surface area contributed by atoms with Crippen LogP contribution in [-0.2, 0) is 14.3 Å². The molecule has 1 aliphatic rings. The van der Waals surface area contributed by atoms with E-state index < -0.39 is 5.97 Å². The Hall–Kier alpha value is -1.81. The molecule has 1 amide bonds. The molecule has 4 nitrogen and oxygen atoms in total. The summed E-state index contributed by atoms with van der Waals surface area (Å²) in [5, 5.41) is 0.559. The third kappa shape index (κ3) is 4.83. The second kappa shape index (κ2) is 8.16. The second-order valence-corrected chi connectivity index (χ2v) is 6.30. The summed E-state index contributed by atoms with van der Waals surface area (Å²) < 4.78 is 5.06. The van der Waals surface area contributed by atoms with Crippen LogP contribution in [0.4, 0.5) is 0 Å². The number of amides is 1. The first kappa shape index (κ1) is 17.5. The van der Waals surface area contributed by atoms with Gasteiger partial charge in [-0.05, 0) is 50.8 Å². The van der Waals surface area contributed by atoms with Gasteiger partial charge in [-0.3, -0.25) is 4.79 Å². The number of carbonyl (C=O) groups excluding carboxylic acids is 2. The van der Waals surface area contributed by atoms with Gasteiger partial charge in [0.05, 0.1) is 0 Å².